The molecule has 0 radical (unpaired) electrons. The molecule has 1 N–H and O–H groups in total. The summed E-state index contributed by atoms with van der Waals surface area (Å²) >= 11 is 4.62. The van der Waals surface area contributed by atoms with E-state index in [0.29, 0.717) is 39.0 Å². The fourth-order valence-corrected chi connectivity index (χ4v) is 4.77. The summed E-state index contributed by atoms with van der Waals surface area (Å²) in [5, 5.41) is 13.5. The molecular weight excluding hydrogens is 550 g/mol. The minimum atomic E-state index is -0.189. The number of hydrogen-bond donors (Lipinski definition) is 1. The van der Waals surface area contributed by atoms with Crippen molar-refractivity contribution < 1.29 is 14.3 Å². The maximum Gasteiger partial charge on any atom is 0.234 e. The van der Waals surface area contributed by atoms with Crippen LogP contribution in [0.3, 0.4) is 0 Å². The molecule has 1 amide bonds. The Kier molecular flexibility index (Phi) is 8.49. The zero-order valence-corrected chi connectivity index (χ0v) is 22.9. The number of hydrogen-bond acceptors (Lipinski definition) is 6. The molecule has 4 aromatic rings. The number of pyridine rings is 1. The SMILES string of the molecule is COc1ccc(-c2cc(-c3ccc(C)cc3)nc(SCC(=O)Nc3ccc(Br)cc3)c2C#N)cc1OC. The Hall–Kier alpha value is -3.80. The number of carbonyl (C=O) groups is 1. The summed E-state index contributed by atoms with van der Waals surface area (Å²) in [4.78, 5) is 17.5. The first-order valence-corrected chi connectivity index (χ1v) is 13.1. The molecule has 0 bridgehead atoms. The largest absolute Gasteiger partial charge is 0.493 e. The second-order valence-corrected chi connectivity index (χ2v) is 10.0. The third-order valence-corrected chi connectivity index (χ3v) is 7.11. The number of nitrogens with one attached hydrogen (secondary N) is 1. The third-order valence-electron chi connectivity index (χ3n) is 5.61. The van der Waals surface area contributed by atoms with E-state index in [1.54, 1.807) is 20.3 Å². The topological polar surface area (TPSA) is 84.2 Å². The number of ether oxygens (including phenoxy) is 2. The average molecular weight is 575 g/mol. The highest BCUT2D eigenvalue weighted by molar-refractivity contribution is 9.10. The summed E-state index contributed by atoms with van der Waals surface area (Å²) < 4.78 is 11.8. The van der Waals surface area contributed by atoms with Gasteiger partial charge in [-0.2, -0.15) is 5.26 Å². The van der Waals surface area contributed by atoms with Gasteiger partial charge >= 0.3 is 0 Å². The van der Waals surface area contributed by atoms with Gasteiger partial charge in [0.05, 0.1) is 31.2 Å². The molecule has 4 rings (SSSR count). The number of nitrogens with zero attached hydrogens (tertiary/aromatic N) is 2. The number of carbonyl (C=O) groups excluding carboxylic acids is 1. The second kappa shape index (κ2) is 12.0. The first kappa shape index (κ1) is 26.3. The molecular formula is C29H24BrN3O3S. The molecule has 186 valence electrons. The minimum absolute atomic E-state index is 0.0977. The molecule has 0 spiro atoms. The van der Waals surface area contributed by atoms with E-state index in [1.165, 1.54) is 11.8 Å². The van der Waals surface area contributed by atoms with Gasteiger partial charge in [-0.1, -0.05) is 63.6 Å². The third kappa shape index (κ3) is 6.31. The van der Waals surface area contributed by atoms with Crippen LogP contribution in [0.2, 0.25) is 0 Å². The lowest BCUT2D eigenvalue weighted by Gasteiger charge is -2.14. The van der Waals surface area contributed by atoms with Crippen LogP contribution in [0.15, 0.2) is 82.3 Å². The van der Waals surface area contributed by atoms with Crippen molar-refractivity contribution in [3.8, 4) is 40.0 Å². The van der Waals surface area contributed by atoms with Crippen molar-refractivity contribution >= 4 is 39.3 Å². The van der Waals surface area contributed by atoms with Gasteiger partial charge in [0.1, 0.15) is 11.1 Å². The van der Waals surface area contributed by atoms with Crippen LogP contribution in [0, 0.1) is 18.3 Å². The maximum absolute atomic E-state index is 12.7. The number of thioether (sulfide) groups is 1. The van der Waals surface area contributed by atoms with Crippen LogP contribution in [-0.4, -0.2) is 30.9 Å². The number of halogens is 1. The predicted octanol–water partition coefficient (Wildman–Crippen LogP) is 7.11. The quantitative estimate of drug-likeness (QED) is 0.226. The molecule has 0 aliphatic rings. The van der Waals surface area contributed by atoms with E-state index in [2.05, 4.69) is 27.3 Å². The Balaban J connectivity index is 1.73. The van der Waals surface area contributed by atoms with Crippen molar-refractivity contribution in [2.45, 2.75) is 11.9 Å². The van der Waals surface area contributed by atoms with Crippen LogP contribution in [0.25, 0.3) is 22.4 Å². The highest BCUT2D eigenvalue weighted by atomic mass is 79.9. The monoisotopic (exact) mass is 573 g/mol. The summed E-state index contributed by atoms with van der Waals surface area (Å²) in [5.41, 5.74) is 5.33. The number of aromatic nitrogens is 1. The summed E-state index contributed by atoms with van der Waals surface area (Å²) in [6.07, 6.45) is 0. The predicted molar refractivity (Wildman–Crippen MR) is 151 cm³/mol. The molecule has 0 saturated heterocycles. The van der Waals surface area contributed by atoms with Crippen molar-refractivity contribution in [1.29, 1.82) is 5.26 Å². The van der Waals surface area contributed by atoms with Crippen LogP contribution in [0.1, 0.15) is 11.1 Å². The van der Waals surface area contributed by atoms with Gasteiger partial charge in [0.25, 0.3) is 0 Å². The molecule has 1 aromatic heterocycles. The number of aryl methyl sites for hydroxylation is 1. The maximum atomic E-state index is 12.7. The van der Waals surface area contributed by atoms with Crippen molar-refractivity contribution in [2.24, 2.45) is 0 Å². The number of methoxy groups -OCH3 is 2. The van der Waals surface area contributed by atoms with E-state index >= 15 is 0 Å². The smallest absolute Gasteiger partial charge is 0.234 e. The summed E-state index contributed by atoms with van der Waals surface area (Å²) in [5.74, 6) is 1.06. The Bertz CT molecular complexity index is 1470. The molecule has 3 aromatic carbocycles. The Morgan fingerprint density at radius 1 is 0.973 bits per heavy atom. The van der Waals surface area contributed by atoms with Gasteiger partial charge < -0.3 is 14.8 Å². The lowest BCUT2D eigenvalue weighted by atomic mass is 9.98. The molecule has 0 unspecified atom stereocenters. The van der Waals surface area contributed by atoms with E-state index in [-0.39, 0.29) is 11.7 Å². The van der Waals surface area contributed by atoms with E-state index in [9.17, 15) is 10.1 Å². The highest BCUT2D eigenvalue weighted by Gasteiger charge is 2.18. The molecule has 1 heterocycles. The summed E-state index contributed by atoms with van der Waals surface area (Å²) in [6, 6.07) is 25.1. The fraction of sp³-hybridized carbons (Fsp3) is 0.138. The normalized spacial score (nSPS) is 10.5. The zero-order valence-electron chi connectivity index (χ0n) is 20.5. The molecule has 0 aliphatic carbocycles. The van der Waals surface area contributed by atoms with Gasteiger partial charge in [-0.3, -0.25) is 4.79 Å². The van der Waals surface area contributed by atoms with Gasteiger partial charge in [0.2, 0.25) is 5.91 Å². The van der Waals surface area contributed by atoms with Gasteiger partial charge in [-0.15, -0.1) is 0 Å². The standard InChI is InChI=1S/C29H24BrN3O3S/c1-18-4-6-19(7-5-18)25-15-23(20-8-13-26(35-2)27(14-20)36-3)24(16-31)29(33-25)37-17-28(34)32-22-11-9-21(30)10-12-22/h4-15H,17H2,1-3H3,(H,32,34). The van der Waals surface area contributed by atoms with Crippen LogP contribution in [0.4, 0.5) is 5.69 Å². The first-order chi connectivity index (χ1) is 17.9. The Morgan fingerprint density at radius 3 is 2.30 bits per heavy atom. The van der Waals surface area contributed by atoms with E-state index in [1.807, 2.05) is 73.7 Å². The Morgan fingerprint density at radius 2 is 1.65 bits per heavy atom. The highest BCUT2D eigenvalue weighted by Crippen LogP contribution is 2.38. The van der Waals surface area contributed by atoms with Gasteiger partial charge in [-0.05, 0) is 55.0 Å². The molecule has 37 heavy (non-hydrogen) atoms. The summed E-state index contributed by atoms with van der Waals surface area (Å²) in [6.45, 7) is 2.02. The molecule has 8 heteroatoms. The molecule has 0 saturated carbocycles. The Labute approximate surface area is 228 Å². The number of anilines is 1. The lowest BCUT2D eigenvalue weighted by molar-refractivity contribution is -0.113. The van der Waals surface area contributed by atoms with Crippen LogP contribution in [0.5, 0.6) is 11.5 Å². The zero-order chi connectivity index (χ0) is 26.4. The van der Waals surface area contributed by atoms with Crippen LogP contribution >= 0.6 is 27.7 Å². The van der Waals surface area contributed by atoms with E-state index in [4.69, 9.17) is 14.5 Å². The van der Waals surface area contributed by atoms with Crippen molar-refractivity contribution in [2.75, 3.05) is 25.3 Å². The van der Waals surface area contributed by atoms with Crippen molar-refractivity contribution in [3.63, 3.8) is 0 Å². The van der Waals surface area contributed by atoms with E-state index < -0.39 is 0 Å². The van der Waals surface area contributed by atoms with Gasteiger partial charge in [0.15, 0.2) is 11.5 Å². The van der Waals surface area contributed by atoms with Crippen LogP contribution in [-0.2, 0) is 4.79 Å². The number of amides is 1. The number of benzene rings is 3. The second-order valence-electron chi connectivity index (χ2n) is 8.13. The van der Waals surface area contributed by atoms with Crippen molar-refractivity contribution in [1.82, 2.24) is 4.98 Å². The fourth-order valence-electron chi connectivity index (χ4n) is 3.70. The average Bonchev–Trinajstić information content (AvgIpc) is 2.92. The van der Waals surface area contributed by atoms with E-state index in [0.717, 1.165) is 21.2 Å². The van der Waals surface area contributed by atoms with Gasteiger partial charge in [-0.25, -0.2) is 4.98 Å². The minimum Gasteiger partial charge on any atom is -0.493 e. The first-order valence-electron chi connectivity index (χ1n) is 11.3. The number of nitriles is 1. The lowest BCUT2D eigenvalue weighted by Crippen LogP contribution is -2.14. The number of rotatable bonds is 8. The van der Waals surface area contributed by atoms with Crippen molar-refractivity contribution in [3.05, 3.63) is 88.4 Å². The van der Waals surface area contributed by atoms with Crippen LogP contribution < -0.4 is 14.8 Å². The van der Waals surface area contributed by atoms with Gasteiger partial charge in [0, 0.05) is 21.3 Å². The summed E-state index contributed by atoms with van der Waals surface area (Å²) in [7, 11) is 3.15. The molecule has 0 fully saturated rings. The molecule has 6 nitrogen and oxygen atoms in total. The molecule has 0 aliphatic heterocycles. The molecule has 0 atom stereocenters.